The molecule has 0 radical (unpaired) electrons. The van der Waals surface area contributed by atoms with Crippen LogP contribution in [0.5, 0.6) is 0 Å². The van der Waals surface area contributed by atoms with Crippen LogP contribution in [-0.4, -0.2) is 95.4 Å². The summed E-state index contributed by atoms with van der Waals surface area (Å²) >= 11 is 0. The Balaban J connectivity index is 0.00000112. The summed E-state index contributed by atoms with van der Waals surface area (Å²) in [5, 5.41) is 40.9. The summed E-state index contributed by atoms with van der Waals surface area (Å²) in [6.45, 7) is 5.53. The van der Waals surface area contributed by atoms with Crippen molar-refractivity contribution in [2.24, 2.45) is 0 Å². The molecule has 0 aliphatic rings. The van der Waals surface area contributed by atoms with Crippen LogP contribution in [-0.2, 0) is 32.3 Å². The van der Waals surface area contributed by atoms with Crippen LogP contribution >= 0.6 is 0 Å². The van der Waals surface area contributed by atoms with Gasteiger partial charge in [-0.1, -0.05) is 163 Å². The van der Waals surface area contributed by atoms with Gasteiger partial charge in [0.2, 0.25) is 0 Å². The quantitative estimate of drug-likeness (QED) is 0.0501. The van der Waals surface area contributed by atoms with Gasteiger partial charge in [0.25, 0.3) is 0 Å². The smallest absolute Gasteiger partial charge is 0.550 e. The van der Waals surface area contributed by atoms with Crippen molar-refractivity contribution in [3.05, 3.63) is 71.8 Å². The van der Waals surface area contributed by atoms with Crippen molar-refractivity contribution in [3.63, 3.8) is 0 Å². The number of aliphatic hydroxyl groups is 2. The van der Waals surface area contributed by atoms with Crippen LogP contribution in [0.1, 0.15) is 205 Å². The van der Waals surface area contributed by atoms with Crippen molar-refractivity contribution in [2.45, 2.75) is 231 Å². The van der Waals surface area contributed by atoms with Crippen LogP contribution in [0.2, 0.25) is 0 Å². The van der Waals surface area contributed by atoms with Crippen molar-refractivity contribution < 1.29 is 39.5 Å². The van der Waals surface area contributed by atoms with Crippen molar-refractivity contribution in [1.82, 2.24) is 0 Å². The molecule has 0 spiro atoms. The van der Waals surface area contributed by atoms with Gasteiger partial charge in [-0.25, -0.2) is 0 Å². The van der Waals surface area contributed by atoms with E-state index in [1.807, 2.05) is 36.4 Å². The fourth-order valence-electron chi connectivity index (χ4n) is 7.14. The molecule has 59 heavy (non-hydrogen) atoms. The molecule has 0 fully saturated rings. The minimum Gasteiger partial charge on any atom is -0.550 e. The monoisotopic (exact) mass is 949 g/mol. The number of unbranched alkanes of at least 4 members (excludes halogenated alkanes) is 16. The standard InChI is InChI=1S/2C25H42O4.Ba/c2*1-22(29-21-23-16-10-9-11-17-23)15-14-19-24(26)18-12-7-5-3-2-4-6-8-13-20-25(27)28;/h2*9-11,16-17,22,24,26H,2-8,12-15,18-21H2,1H3,(H,27,28);/q;;+2/p-2. The van der Waals surface area contributed by atoms with E-state index in [0.717, 1.165) is 103 Å². The Morgan fingerprint density at radius 3 is 1.02 bits per heavy atom. The zero-order chi connectivity index (χ0) is 42.3. The van der Waals surface area contributed by atoms with Crippen molar-refractivity contribution >= 4 is 60.8 Å². The minimum atomic E-state index is -0.932. The number of carboxylic acids is 2. The minimum absolute atomic E-state index is 0. The maximum atomic E-state index is 10.3. The number of ether oxygens (including phenoxy) is 2. The Hall–Kier alpha value is -1.21. The molecular formula is C50H82BaO8. The SMILES string of the molecule is CC(CCCC(O)CCCCCCCCCCCC(=O)[O-])OCc1ccccc1.CC(CCCC(O)CCCCCCCCCCCC(=O)[O-])OCc1ccccc1.[Ba+2]. The third-order valence-electron chi connectivity index (χ3n) is 10.9. The zero-order valence-corrected chi connectivity index (χ0v) is 41.8. The average Bonchev–Trinajstić information content (AvgIpc) is 3.21. The normalized spacial score (nSPS) is 13.1. The molecule has 9 heteroatoms. The molecule has 0 bridgehead atoms. The maximum absolute atomic E-state index is 10.3. The van der Waals surface area contributed by atoms with Gasteiger partial charge in [-0.15, -0.1) is 0 Å². The van der Waals surface area contributed by atoms with Crippen LogP contribution < -0.4 is 10.2 Å². The van der Waals surface area contributed by atoms with Gasteiger partial charge >= 0.3 is 48.9 Å². The number of carbonyl (C=O) groups is 2. The number of aliphatic carboxylic acids is 2. The molecule has 4 unspecified atom stereocenters. The fraction of sp³-hybridized carbons (Fsp3) is 0.720. The van der Waals surface area contributed by atoms with E-state index >= 15 is 0 Å². The number of carboxylic acid groups (broad SMARTS) is 2. The Bertz CT molecular complexity index is 1110. The van der Waals surface area contributed by atoms with E-state index in [-0.39, 0.29) is 86.1 Å². The Kier molecular flexibility index (Phi) is 41.2. The first-order chi connectivity index (χ1) is 28.2. The molecular weight excluding hydrogens is 866 g/mol. The average molecular weight is 949 g/mol. The first-order valence-electron chi connectivity index (χ1n) is 23.2. The molecule has 2 aromatic carbocycles. The van der Waals surface area contributed by atoms with Gasteiger partial charge in [0.15, 0.2) is 0 Å². The van der Waals surface area contributed by atoms with E-state index in [4.69, 9.17) is 9.47 Å². The van der Waals surface area contributed by atoms with Crippen molar-refractivity contribution in [2.75, 3.05) is 0 Å². The van der Waals surface area contributed by atoms with E-state index in [0.29, 0.717) is 13.2 Å². The van der Waals surface area contributed by atoms with Crippen LogP contribution in [0, 0.1) is 0 Å². The first-order valence-corrected chi connectivity index (χ1v) is 23.2. The summed E-state index contributed by atoms with van der Waals surface area (Å²) in [5.74, 6) is -1.86. The number of carbonyl (C=O) groups excluding carboxylic acids is 2. The van der Waals surface area contributed by atoms with E-state index in [1.54, 1.807) is 0 Å². The van der Waals surface area contributed by atoms with E-state index in [9.17, 15) is 30.0 Å². The predicted octanol–water partition coefficient (Wildman–Crippen LogP) is 9.95. The molecule has 0 aliphatic carbocycles. The van der Waals surface area contributed by atoms with Gasteiger partial charge in [0.05, 0.1) is 37.6 Å². The Morgan fingerprint density at radius 1 is 0.441 bits per heavy atom. The van der Waals surface area contributed by atoms with Gasteiger partial charge in [0, 0.05) is 11.9 Å². The summed E-state index contributed by atoms with van der Waals surface area (Å²) in [7, 11) is 0. The van der Waals surface area contributed by atoms with Crippen LogP contribution in [0.4, 0.5) is 0 Å². The Morgan fingerprint density at radius 2 is 0.712 bits per heavy atom. The Labute approximate surface area is 400 Å². The van der Waals surface area contributed by atoms with Gasteiger partial charge in [-0.2, -0.15) is 0 Å². The second-order valence-corrected chi connectivity index (χ2v) is 16.6. The molecule has 332 valence electrons. The van der Waals surface area contributed by atoms with Gasteiger partial charge in [0.1, 0.15) is 0 Å². The topological polar surface area (TPSA) is 139 Å². The zero-order valence-electron chi connectivity index (χ0n) is 37.3. The summed E-state index contributed by atoms with van der Waals surface area (Å²) in [5.41, 5.74) is 2.41. The molecule has 2 N–H and O–H groups in total. The summed E-state index contributed by atoms with van der Waals surface area (Å²) < 4.78 is 11.8. The molecule has 4 atom stereocenters. The van der Waals surface area contributed by atoms with Crippen LogP contribution in [0.3, 0.4) is 0 Å². The molecule has 2 rings (SSSR count). The molecule has 0 amide bonds. The third kappa shape index (κ3) is 40.6. The second kappa shape index (κ2) is 42.1. The number of benzene rings is 2. The molecule has 0 saturated carbocycles. The second-order valence-electron chi connectivity index (χ2n) is 16.6. The summed E-state index contributed by atoms with van der Waals surface area (Å²) in [6, 6.07) is 20.5. The number of hydrogen-bond donors (Lipinski definition) is 2. The third-order valence-corrected chi connectivity index (χ3v) is 10.9. The van der Waals surface area contributed by atoms with Crippen molar-refractivity contribution in [3.8, 4) is 0 Å². The van der Waals surface area contributed by atoms with E-state index in [1.165, 1.54) is 75.3 Å². The number of hydrogen-bond acceptors (Lipinski definition) is 8. The van der Waals surface area contributed by atoms with Gasteiger partial charge in [-0.3, -0.25) is 0 Å². The molecule has 0 saturated heterocycles. The van der Waals surface area contributed by atoms with Crippen LogP contribution in [0.25, 0.3) is 0 Å². The number of rotatable bonds is 38. The van der Waals surface area contributed by atoms with Crippen LogP contribution in [0.15, 0.2) is 60.7 Å². The van der Waals surface area contributed by atoms with E-state index in [2.05, 4.69) is 38.1 Å². The first kappa shape index (κ1) is 57.8. The summed E-state index contributed by atoms with van der Waals surface area (Å²) in [6.07, 6.45) is 28.2. The predicted molar refractivity (Wildman–Crippen MR) is 238 cm³/mol. The largest absolute Gasteiger partial charge is 2.00 e. The molecule has 8 nitrogen and oxygen atoms in total. The fourth-order valence-corrected chi connectivity index (χ4v) is 7.14. The van der Waals surface area contributed by atoms with Crippen molar-refractivity contribution in [1.29, 1.82) is 0 Å². The maximum Gasteiger partial charge on any atom is 2.00 e. The van der Waals surface area contributed by atoms with E-state index < -0.39 is 11.9 Å². The molecule has 0 heterocycles. The number of aliphatic hydroxyl groups excluding tert-OH is 2. The molecule has 0 aliphatic heterocycles. The summed E-state index contributed by atoms with van der Waals surface area (Å²) in [4.78, 5) is 20.6. The molecule has 2 aromatic rings. The van der Waals surface area contributed by atoms with Gasteiger partial charge < -0.3 is 39.5 Å². The van der Waals surface area contributed by atoms with Gasteiger partial charge in [-0.05, 0) is 102 Å². The molecule has 0 aromatic heterocycles.